The van der Waals surface area contributed by atoms with Crippen molar-refractivity contribution in [1.82, 2.24) is 13.9 Å². The minimum Gasteiger partial charge on any atom is -0.395 e. The molecule has 27 heavy (non-hydrogen) atoms. The van der Waals surface area contributed by atoms with Gasteiger partial charge in [0, 0.05) is 24.0 Å². The summed E-state index contributed by atoms with van der Waals surface area (Å²) < 4.78 is 53.3. The van der Waals surface area contributed by atoms with Crippen molar-refractivity contribution in [2.24, 2.45) is 0 Å². The van der Waals surface area contributed by atoms with Crippen LogP contribution >= 0.6 is 11.3 Å². The molecule has 1 fully saturated rings. The highest BCUT2D eigenvalue weighted by Crippen LogP contribution is 2.29. The lowest BCUT2D eigenvalue weighted by molar-refractivity contribution is 0.161. The lowest BCUT2D eigenvalue weighted by atomic mass is 10.1. The van der Waals surface area contributed by atoms with Crippen LogP contribution in [0.2, 0.25) is 0 Å². The molecule has 1 aromatic rings. The summed E-state index contributed by atoms with van der Waals surface area (Å²) in [6, 6.07) is 3.19. The number of likely N-dealkylation sites (tertiary alicyclic amines) is 1. The number of piperidine rings is 1. The molecule has 0 unspecified atom stereocenters. The number of hydrogen-bond acceptors (Lipinski definition) is 7. The van der Waals surface area contributed by atoms with Crippen LogP contribution in [0.15, 0.2) is 16.3 Å². The Morgan fingerprint density at radius 1 is 1.26 bits per heavy atom. The molecule has 156 valence electrons. The van der Waals surface area contributed by atoms with Gasteiger partial charge in [-0.3, -0.25) is 0 Å². The second-order valence-corrected chi connectivity index (χ2v) is 12.0. The van der Waals surface area contributed by atoms with E-state index in [1.165, 1.54) is 4.31 Å². The molecular weight excluding hydrogens is 410 g/mol. The highest BCUT2D eigenvalue weighted by atomic mass is 32.2. The number of hydrogen-bond donors (Lipinski definition) is 2. The van der Waals surface area contributed by atoms with Crippen molar-refractivity contribution in [3.8, 4) is 0 Å². The van der Waals surface area contributed by atoms with Gasteiger partial charge in [0.25, 0.3) is 10.0 Å². The molecular formula is C16H29N3O5S3. The Bertz CT molecular complexity index is 799. The standard InChI is InChI=1S/C16H29N3O5S3/c1-3-26(21,22)17-9-6-15-4-5-16(25-15)27(23,24)19(12-13-20)14-7-10-18(2)11-8-14/h4-5,14,17,20H,3,6-13H2,1-2H3. The molecule has 2 rings (SSSR count). The zero-order valence-electron chi connectivity index (χ0n) is 15.8. The van der Waals surface area contributed by atoms with E-state index >= 15 is 0 Å². The van der Waals surface area contributed by atoms with Gasteiger partial charge in [-0.05, 0) is 58.5 Å². The van der Waals surface area contributed by atoms with Crippen LogP contribution < -0.4 is 4.72 Å². The predicted molar refractivity (Wildman–Crippen MR) is 107 cm³/mol. The van der Waals surface area contributed by atoms with E-state index < -0.39 is 20.0 Å². The Balaban J connectivity index is 2.08. The third-order valence-electron chi connectivity index (χ3n) is 4.69. The molecule has 0 aliphatic carbocycles. The van der Waals surface area contributed by atoms with Gasteiger partial charge in [-0.1, -0.05) is 0 Å². The molecule has 0 amide bonds. The largest absolute Gasteiger partial charge is 0.395 e. The number of rotatable bonds is 10. The number of thiophene rings is 1. The Morgan fingerprint density at radius 2 is 1.93 bits per heavy atom. The van der Waals surface area contributed by atoms with Crippen LogP contribution in [0, 0.1) is 0 Å². The maximum Gasteiger partial charge on any atom is 0.252 e. The molecule has 1 aliphatic rings. The van der Waals surface area contributed by atoms with Crippen LogP contribution in [0.5, 0.6) is 0 Å². The van der Waals surface area contributed by atoms with Gasteiger partial charge in [0.1, 0.15) is 4.21 Å². The van der Waals surface area contributed by atoms with Crippen molar-refractivity contribution in [1.29, 1.82) is 0 Å². The van der Waals surface area contributed by atoms with Crippen molar-refractivity contribution >= 4 is 31.4 Å². The molecule has 0 saturated carbocycles. The Kier molecular flexibility index (Phi) is 8.22. The maximum absolute atomic E-state index is 13.1. The van der Waals surface area contributed by atoms with Crippen molar-refractivity contribution < 1.29 is 21.9 Å². The van der Waals surface area contributed by atoms with Crippen molar-refractivity contribution in [2.75, 3.05) is 45.6 Å². The zero-order chi connectivity index (χ0) is 20.1. The van der Waals surface area contributed by atoms with E-state index in [1.54, 1.807) is 19.1 Å². The summed E-state index contributed by atoms with van der Waals surface area (Å²) in [6.07, 6.45) is 1.92. The first-order valence-electron chi connectivity index (χ1n) is 9.07. The number of sulfonamides is 2. The van der Waals surface area contributed by atoms with Gasteiger partial charge in [0.05, 0.1) is 12.4 Å². The summed E-state index contributed by atoms with van der Waals surface area (Å²) in [5.41, 5.74) is 0. The van der Waals surface area contributed by atoms with Crippen molar-refractivity contribution in [2.45, 2.75) is 36.4 Å². The van der Waals surface area contributed by atoms with Crippen LogP contribution in [0.4, 0.5) is 0 Å². The first kappa shape index (κ1) is 22.7. The molecule has 8 nitrogen and oxygen atoms in total. The normalized spacial score (nSPS) is 17.6. The second-order valence-electron chi connectivity index (χ2n) is 6.64. The van der Waals surface area contributed by atoms with Crippen LogP contribution in [-0.2, 0) is 26.5 Å². The van der Waals surface area contributed by atoms with E-state index in [4.69, 9.17) is 0 Å². The van der Waals surface area contributed by atoms with Crippen LogP contribution in [0.25, 0.3) is 0 Å². The average molecular weight is 440 g/mol. The minimum atomic E-state index is -3.68. The minimum absolute atomic E-state index is 0.0176. The Morgan fingerprint density at radius 3 is 2.52 bits per heavy atom. The van der Waals surface area contributed by atoms with Crippen LogP contribution in [0.1, 0.15) is 24.6 Å². The van der Waals surface area contributed by atoms with Gasteiger partial charge in [0.15, 0.2) is 0 Å². The maximum atomic E-state index is 13.1. The van der Waals surface area contributed by atoms with Crippen molar-refractivity contribution in [3.63, 3.8) is 0 Å². The fraction of sp³-hybridized carbons (Fsp3) is 0.750. The summed E-state index contributed by atoms with van der Waals surface area (Å²) in [5.74, 6) is 0.0176. The van der Waals surface area contributed by atoms with Gasteiger partial charge in [-0.25, -0.2) is 21.6 Å². The molecule has 11 heteroatoms. The van der Waals surface area contributed by atoms with Gasteiger partial charge < -0.3 is 10.0 Å². The lowest BCUT2D eigenvalue weighted by Gasteiger charge is -2.35. The summed E-state index contributed by atoms with van der Waals surface area (Å²) in [6.45, 7) is 3.33. The average Bonchev–Trinajstić information content (AvgIpc) is 3.10. The molecule has 1 aromatic heterocycles. The number of nitrogens with one attached hydrogen (secondary N) is 1. The summed E-state index contributed by atoms with van der Waals surface area (Å²) in [5, 5.41) is 9.37. The first-order valence-corrected chi connectivity index (χ1v) is 13.0. The van der Waals surface area contributed by atoms with E-state index in [-0.39, 0.29) is 35.7 Å². The SMILES string of the molecule is CCS(=O)(=O)NCCc1ccc(S(=O)(=O)N(CCO)C2CCN(C)CC2)s1. The van der Waals surface area contributed by atoms with Crippen LogP contribution in [0.3, 0.4) is 0 Å². The summed E-state index contributed by atoms with van der Waals surface area (Å²) in [4.78, 5) is 2.97. The third kappa shape index (κ3) is 6.21. The Hall–Kier alpha value is -0.560. The number of nitrogens with zero attached hydrogens (tertiary/aromatic N) is 2. The van der Waals surface area contributed by atoms with Crippen LogP contribution in [-0.4, -0.2) is 82.8 Å². The van der Waals surface area contributed by atoms with Gasteiger partial charge in [-0.15, -0.1) is 11.3 Å². The predicted octanol–water partition coefficient (Wildman–Crippen LogP) is 0.307. The molecule has 1 saturated heterocycles. The summed E-state index contributed by atoms with van der Waals surface area (Å²) >= 11 is 1.16. The zero-order valence-corrected chi connectivity index (χ0v) is 18.2. The van der Waals surface area contributed by atoms with E-state index in [0.29, 0.717) is 6.42 Å². The van der Waals surface area contributed by atoms with E-state index in [0.717, 1.165) is 42.1 Å². The first-order chi connectivity index (χ1) is 12.7. The molecule has 0 atom stereocenters. The molecule has 2 N–H and O–H groups in total. The molecule has 0 spiro atoms. The second kappa shape index (κ2) is 9.77. The number of aliphatic hydroxyl groups is 1. The summed E-state index contributed by atoms with van der Waals surface area (Å²) in [7, 11) is -4.92. The molecule has 0 bridgehead atoms. The topological polar surface area (TPSA) is 107 Å². The quantitative estimate of drug-likeness (QED) is 0.543. The fourth-order valence-corrected chi connectivity index (χ4v) is 6.84. The molecule has 0 radical (unpaired) electrons. The lowest BCUT2D eigenvalue weighted by Crippen LogP contribution is -2.47. The monoisotopic (exact) mass is 439 g/mol. The highest BCUT2D eigenvalue weighted by Gasteiger charge is 2.33. The van der Waals surface area contributed by atoms with Crippen molar-refractivity contribution in [3.05, 3.63) is 17.0 Å². The third-order valence-corrected chi connectivity index (χ3v) is 9.66. The van der Waals surface area contributed by atoms with Gasteiger partial charge >= 0.3 is 0 Å². The number of aliphatic hydroxyl groups excluding tert-OH is 1. The smallest absolute Gasteiger partial charge is 0.252 e. The fourth-order valence-electron chi connectivity index (χ4n) is 3.06. The van der Waals surface area contributed by atoms with E-state index in [1.807, 2.05) is 7.05 Å². The Labute approximate surface area is 166 Å². The van der Waals surface area contributed by atoms with Gasteiger partial charge in [-0.2, -0.15) is 4.31 Å². The molecule has 2 heterocycles. The highest BCUT2D eigenvalue weighted by molar-refractivity contribution is 7.91. The molecule has 0 aromatic carbocycles. The van der Waals surface area contributed by atoms with Gasteiger partial charge in [0.2, 0.25) is 10.0 Å². The van der Waals surface area contributed by atoms with E-state index in [2.05, 4.69) is 9.62 Å². The van der Waals surface area contributed by atoms with E-state index in [9.17, 15) is 21.9 Å². The molecule has 1 aliphatic heterocycles.